The van der Waals surface area contributed by atoms with E-state index < -0.39 is 55.1 Å². The Labute approximate surface area is 127 Å². The summed E-state index contributed by atoms with van der Waals surface area (Å²) in [5, 5.41) is 57.8. The van der Waals surface area contributed by atoms with Gasteiger partial charge in [-0.3, -0.25) is 0 Å². The van der Waals surface area contributed by atoms with Gasteiger partial charge in [0.2, 0.25) is 0 Å². The standard InChI is InChI=1S/C13H24O9/c1-5-8(4-15)22-13(11(18)9(5)16)21-7-2-6(3-14)20-12(19)10(7)17/h5-19H,2-4H2,1H3/t5-,6?,7+,8?,9+,10?,11?,12?,13-/m1/s1. The third kappa shape index (κ3) is 3.58. The Balaban J connectivity index is 2.04. The minimum absolute atomic E-state index is 0.0801. The van der Waals surface area contributed by atoms with Crippen LogP contribution in [0.1, 0.15) is 13.3 Å². The van der Waals surface area contributed by atoms with Crippen molar-refractivity contribution in [3.63, 3.8) is 0 Å². The van der Waals surface area contributed by atoms with Crippen molar-refractivity contribution in [2.24, 2.45) is 5.92 Å². The lowest BCUT2D eigenvalue weighted by Crippen LogP contribution is -2.58. The van der Waals surface area contributed by atoms with Gasteiger partial charge < -0.3 is 44.8 Å². The van der Waals surface area contributed by atoms with Gasteiger partial charge in [0.1, 0.15) is 12.2 Å². The summed E-state index contributed by atoms with van der Waals surface area (Å²) in [5.41, 5.74) is 0. The largest absolute Gasteiger partial charge is 0.394 e. The second kappa shape index (κ2) is 7.47. The van der Waals surface area contributed by atoms with E-state index in [0.717, 1.165) is 0 Å². The van der Waals surface area contributed by atoms with Gasteiger partial charge in [0.05, 0.1) is 37.6 Å². The highest BCUT2D eigenvalue weighted by Crippen LogP contribution is 2.30. The molecule has 2 rings (SSSR count). The van der Waals surface area contributed by atoms with Crippen molar-refractivity contribution in [1.82, 2.24) is 0 Å². The molecule has 130 valence electrons. The number of hydrogen-bond acceptors (Lipinski definition) is 9. The van der Waals surface area contributed by atoms with Crippen LogP contribution in [-0.2, 0) is 14.2 Å². The SMILES string of the molecule is C[C@@H]1C(CO)O[C@@H](O[C@H]2CC(CO)OC(O)C2O)C(O)[C@H]1O. The summed E-state index contributed by atoms with van der Waals surface area (Å²) in [7, 11) is 0. The molecule has 0 aromatic carbocycles. The molecule has 22 heavy (non-hydrogen) atoms. The number of aliphatic hydroxyl groups excluding tert-OH is 6. The summed E-state index contributed by atoms with van der Waals surface area (Å²) in [5.74, 6) is -0.491. The summed E-state index contributed by atoms with van der Waals surface area (Å²) in [6.45, 7) is 0.902. The van der Waals surface area contributed by atoms with E-state index in [1.807, 2.05) is 0 Å². The van der Waals surface area contributed by atoms with Gasteiger partial charge in [0, 0.05) is 12.3 Å². The van der Waals surface area contributed by atoms with E-state index in [1.54, 1.807) is 6.92 Å². The third-order valence-corrected chi connectivity index (χ3v) is 4.26. The van der Waals surface area contributed by atoms with Crippen LogP contribution in [-0.4, -0.2) is 93.1 Å². The van der Waals surface area contributed by atoms with E-state index in [9.17, 15) is 25.5 Å². The lowest BCUT2D eigenvalue weighted by atomic mass is 9.91. The Bertz CT molecular complexity index is 352. The van der Waals surface area contributed by atoms with Gasteiger partial charge in [0.25, 0.3) is 0 Å². The van der Waals surface area contributed by atoms with E-state index in [-0.39, 0.29) is 19.6 Å². The van der Waals surface area contributed by atoms with Crippen molar-refractivity contribution >= 4 is 0 Å². The van der Waals surface area contributed by atoms with Crippen LogP contribution < -0.4 is 0 Å². The molecule has 0 aromatic heterocycles. The second-order valence-corrected chi connectivity index (χ2v) is 5.80. The molecule has 0 radical (unpaired) electrons. The average Bonchev–Trinajstić information content (AvgIpc) is 2.51. The molecule has 0 amide bonds. The van der Waals surface area contributed by atoms with Crippen LogP contribution in [0.4, 0.5) is 0 Å². The van der Waals surface area contributed by atoms with E-state index in [0.29, 0.717) is 0 Å². The molecule has 0 bridgehead atoms. The highest BCUT2D eigenvalue weighted by molar-refractivity contribution is 4.89. The third-order valence-electron chi connectivity index (χ3n) is 4.26. The lowest BCUT2D eigenvalue weighted by Gasteiger charge is -2.44. The zero-order valence-corrected chi connectivity index (χ0v) is 12.2. The van der Waals surface area contributed by atoms with E-state index in [4.69, 9.17) is 19.3 Å². The second-order valence-electron chi connectivity index (χ2n) is 5.80. The maximum atomic E-state index is 10.0. The quantitative estimate of drug-likeness (QED) is 0.316. The number of ether oxygens (including phenoxy) is 3. The van der Waals surface area contributed by atoms with Crippen LogP contribution in [0.25, 0.3) is 0 Å². The van der Waals surface area contributed by atoms with Crippen molar-refractivity contribution in [3.8, 4) is 0 Å². The highest BCUT2D eigenvalue weighted by atomic mass is 16.7. The fourth-order valence-electron chi connectivity index (χ4n) is 2.73. The molecule has 6 N–H and O–H groups in total. The minimum atomic E-state index is -1.53. The molecule has 9 heteroatoms. The van der Waals surface area contributed by atoms with E-state index in [2.05, 4.69) is 0 Å². The topological polar surface area (TPSA) is 149 Å². The van der Waals surface area contributed by atoms with Crippen molar-refractivity contribution in [1.29, 1.82) is 0 Å². The number of aliphatic hydroxyl groups is 6. The fourth-order valence-corrected chi connectivity index (χ4v) is 2.73. The Kier molecular flexibility index (Phi) is 6.11. The van der Waals surface area contributed by atoms with E-state index >= 15 is 0 Å². The first kappa shape index (κ1) is 18.0. The van der Waals surface area contributed by atoms with Crippen LogP contribution in [0, 0.1) is 5.92 Å². The average molecular weight is 324 g/mol. The molecule has 9 atom stereocenters. The maximum absolute atomic E-state index is 10.0. The van der Waals surface area contributed by atoms with Gasteiger partial charge in [-0.15, -0.1) is 0 Å². The molecule has 0 aromatic rings. The van der Waals surface area contributed by atoms with Crippen LogP contribution >= 0.6 is 0 Å². The van der Waals surface area contributed by atoms with Crippen molar-refractivity contribution in [2.45, 2.75) is 62.5 Å². The molecule has 2 heterocycles. The van der Waals surface area contributed by atoms with Gasteiger partial charge in [-0.05, 0) is 0 Å². The maximum Gasteiger partial charge on any atom is 0.186 e. The van der Waals surface area contributed by atoms with Crippen LogP contribution in [0.3, 0.4) is 0 Å². The Morgan fingerprint density at radius 2 is 1.64 bits per heavy atom. The summed E-state index contributed by atoms with van der Waals surface area (Å²) in [6.07, 6.45) is -9.04. The summed E-state index contributed by atoms with van der Waals surface area (Å²) < 4.78 is 15.8. The van der Waals surface area contributed by atoms with Gasteiger partial charge >= 0.3 is 0 Å². The first-order valence-corrected chi connectivity index (χ1v) is 7.29. The van der Waals surface area contributed by atoms with Crippen LogP contribution in [0.2, 0.25) is 0 Å². The molecule has 0 aliphatic carbocycles. The molecule has 0 saturated carbocycles. The summed E-state index contributed by atoms with van der Waals surface area (Å²) >= 11 is 0. The molecule has 5 unspecified atom stereocenters. The summed E-state index contributed by atoms with van der Waals surface area (Å²) in [4.78, 5) is 0. The monoisotopic (exact) mass is 324 g/mol. The van der Waals surface area contributed by atoms with Crippen molar-refractivity contribution in [2.75, 3.05) is 13.2 Å². The molecule has 2 aliphatic heterocycles. The Morgan fingerprint density at radius 3 is 2.23 bits per heavy atom. The first-order valence-electron chi connectivity index (χ1n) is 7.29. The van der Waals surface area contributed by atoms with Gasteiger partial charge in [-0.2, -0.15) is 0 Å². The zero-order valence-electron chi connectivity index (χ0n) is 12.2. The molecule has 2 fully saturated rings. The van der Waals surface area contributed by atoms with Crippen molar-refractivity contribution in [3.05, 3.63) is 0 Å². The summed E-state index contributed by atoms with van der Waals surface area (Å²) in [6, 6.07) is 0. The minimum Gasteiger partial charge on any atom is -0.394 e. The highest BCUT2D eigenvalue weighted by Gasteiger charge is 2.46. The Morgan fingerprint density at radius 1 is 0.955 bits per heavy atom. The molecule has 2 aliphatic rings. The molecule has 2 saturated heterocycles. The smallest absolute Gasteiger partial charge is 0.186 e. The fraction of sp³-hybridized carbons (Fsp3) is 1.00. The predicted molar refractivity (Wildman–Crippen MR) is 70.4 cm³/mol. The number of rotatable bonds is 4. The molecule has 9 nitrogen and oxygen atoms in total. The molecular formula is C13H24O9. The van der Waals surface area contributed by atoms with Gasteiger partial charge in [-0.1, -0.05) is 6.92 Å². The van der Waals surface area contributed by atoms with Crippen molar-refractivity contribution < 1.29 is 44.8 Å². The lowest BCUT2D eigenvalue weighted by molar-refractivity contribution is -0.332. The predicted octanol–water partition coefficient (Wildman–Crippen LogP) is -3.09. The number of hydrogen-bond donors (Lipinski definition) is 6. The zero-order chi connectivity index (χ0) is 16.4. The van der Waals surface area contributed by atoms with Gasteiger partial charge in [0.15, 0.2) is 12.6 Å². The van der Waals surface area contributed by atoms with Crippen LogP contribution in [0.5, 0.6) is 0 Å². The normalized spacial score (nSPS) is 50.0. The van der Waals surface area contributed by atoms with Crippen LogP contribution in [0.15, 0.2) is 0 Å². The van der Waals surface area contributed by atoms with Gasteiger partial charge in [-0.25, -0.2) is 0 Å². The molecule has 0 spiro atoms. The first-order chi connectivity index (χ1) is 10.4. The van der Waals surface area contributed by atoms with E-state index in [1.165, 1.54) is 0 Å². The Hall–Kier alpha value is -0.360. The molecular weight excluding hydrogens is 300 g/mol.